The maximum absolute atomic E-state index is 5.21. The minimum atomic E-state index is 0.350. The van der Waals surface area contributed by atoms with E-state index in [0.717, 1.165) is 13.0 Å². The largest absolute Gasteiger partial charge is 0.472 e. The van der Waals surface area contributed by atoms with Gasteiger partial charge in [-0.1, -0.05) is 25.1 Å². The predicted octanol–water partition coefficient (Wildman–Crippen LogP) is 3.66. The fourth-order valence-corrected chi connectivity index (χ4v) is 3.02. The molecule has 0 aliphatic heterocycles. The monoisotopic (exact) mass is 255 g/mol. The van der Waals surface area contributed by atoms with Gasteiger partial charge in [0.1, 0.15) is 0 Å². The van der Waals surface area contributed by atoms with Crippen LogP contribution in [0.3, 0.4) is 0 Å². The Morgan fingerprint density at radius 3 is 2.89 bits per heavy atom. The molecule has 1 atom stereocenters. The molecular weight excluding hydrogens is 234 g/mol. The maximum atomic E-state index is 5.21. The fraction of sp³-hybridized carbons (Fsp3) is 0.412. The molecule has 3 rings (SSSR count). The van der Waals surface area contributed by atoms with Crippen LogP contribution in [0, 0.1) is 0 Å². The number of nitrogens with one attached hydrogen (secondary N) is 1. The van der Waals surface area contributed by atoms with E-state index in [0.29, 0.717) is 6.04 Å². The summed E-state index contributed by atoms with van der Waals surface area (Å²) in [5.74, 6) is 0. The molecule has 0 spiro atoms. The summed E-state index contributed by atoms with van der Waals surface area (Å²) in [6.45, 7) is 3.12. The average Bonchev–Trinajstić information content (AvgIpc) is 3.09. The van der Waals surface area contributed by atoms with Gasteiger partial charge >= 0.3 is 0 Å². The van der Waals surface area contributed by atoms with Crippen LogP contribution in [0.5, 0.6) is 0 Å². The van der Waals surface area contributed by atoms with Crippen LogP contribution >= 0.6 is 0 Å². The van der Waals surface area contributed by atoms with Gasteiger partial charge in [-0.15, -0.1) is 0 Å². The van der Waals surface area contributed by atoms with Crippen molar-refractivity contribution >= 4 is 0 Å². The summed E-state index contributed by atoms with van der Waals surface area (Å²) in [7, 11) is 0. The van der Waals surface area contributed by atoms with Crippen LogP contribution in [-0.2, 0) is 19.3 Å². The maximum Gasteiger partial charge on any atom is 0.0950 e. The number of hydrogen-bond donors (Lipinski definition) is 1. The second-order valence-corrected chi connectivity index (χ2v) is 5.33. The van der Waals surface area contributed by atoms with Gasteiger partial charge < -0.3 is 9.73 Å². The summed E-state index contributed by atoms with van der Waals surface area (Å²) in [4.78, 5) is 0. The lowest BCUT2D eigenvalue weighted by molar-refractivity contribution is 0.525. The van der Waals surface area contributed by atoms with Crippen LogP contribution in [0.1, 0.15) is 41.6 Å². The Bertz CT molecular complexity index is 530. The molecule has 1 aromatic heterocycles. The van der Waals surface area contributed by atoms with Crippen molar-refractivity contribution in [2.45, 2.75) is 38.6 Å². The average molecular weight is 255 g/mol. The minimum Gasteiger partial charge on any atom is -0.472 e. The Balaban J connectivity index is 1.78. The first kappa shape index (κ1) is 12.5. The lowest BCUT2D eigenvalue weighted by Gasteiger charge is -2.17. The molecule has 2 heteroatoms. The number of fused-ring (bicyclic) bond motifs is 1. The smallest absolute Gasteiger partial charge is 0.0950 e. The number of aryl methyl sites for hydroxylation is 2. The lowest BCUT2D eigenvalue weighted by Crippen LogP contribution is -2.22. The van der Waals surface area contributed by atoms with Gasteiger partial charge in [0.05, 0.1) is 12.5 Å². The van der Waals surface area contributed by atoms with Crippen molar-refractivity contribution < 1.29 is 4.42 Å². The molecule has 2 aromatic rings. The van der Waals surface area contributed by atoms with Crippen LogP contribution in [0.4, 0.5) is 0 Å². The third-order valence-electron chi connectivity index (χ3n) is 4.00. The highest BCUT2D eigenvalue weighted by atomic mass is 16.3. The zero-order chi connectivity index (χ0) is 13.1. The number of rotatable bonds is 5. The lowest BCUT2D eigenvalue weighted by atomic mass is 9.98. The summed E-state index contributed by atoms with van der Waals surface area (Å²) < 4.78 is 5.21. The molecule has 0 saturated carbocycles. The zero-order valence-electron chi connectivity index (χ0n) is 11.5. The number of hydrogen-bond acceptors (Lipinski definition) is 2. The van der Waals surface area contributed by atoms with Crippen LogP contribution in [0.25, 0.3) is 0 Å². The Hall–Kier alpha value is -1.54. The van der Waals surface area contributed by atoms with E-state index in [1.54, 1.807) is 17.4 Å². The van der Waals surface area contributed by atoms with Crippen molar-refractivity contribution in [3.05, 3.63) is 59.0 Å². The molecule has 1 aromatic carbocycles. The highest BCUT2D eigenvalue weighted by Crippen LogP contribution is 2.25. The molecule has 0 amide bonds. The number of likely N-dealkylation sites (N-methyl/N-ethyl adjacent to an activating group) is 1. The third-order valence-corrected chi connectivity index (χ3v) is 4.00. The first-order valence-corrected chi connectivity index (χ1v) is 7.23. The van der Waals surface area contributed by atoms with Gasteiger partial charge in [0.15, 0.2) is 0 Å². The van der Waals surface area contributed by atoms with Gasteiger partial charge in [0, 0.05) is 11.6 Å². The van der Waals surface area contributed by atoms with E-state index in [1.807, 2.05) is 6.26 Å². The van der Waals surface area contributed by atoms with E-state index >= 15 is 0 Å². The number of furan rings is 1. The quantitative estimate of drug-likeness (QED) is 0.882. The Labute approximate surface area is 114 Å². The van der Waals surface area contributed by atoms with Gasteiger partial charge in [-0.05, 0) is 55.0 Å². The molecule has 100 valence electrons. The van der Waals surface area contributed by atoms with Crippen molar-refractivity contribution in [3.8, 4) is 0 Å². The van der Waals surface area contributed by atoms with E-state index in [4.69, 9.17) is 4.42 Å². The molecule has 1 aliphatic carbocycles. The summed E-state index contributed by atoms with van der Waals surface area (Å²) in [6, 6.07) is 9.40. The van der Waals surface area contributed by atoms with E-state index in [-0.39, 0.29) is 0 Å². The van der Waals surface area contributed by atoms with Crippen molar-refractivity contribution in [1.82, 2.24) is 5.32 Å². The second-order valence-electron chi connectivity index (χ2n) is 5.33. The summed E-state index contributed by atoms with van der Waals surface area (Å²) >= 11 is 0. The first-order valence-electron chi connectivity index (χ1n) is 7.23. The van der Waals surface area contributed by atoms with Gasteiger partial charge in [0.25, 0.3) is 0 Å². The SMILES string of the molecule is CCNC(Cc1ccc2c(c1)CCC2)c1ccoc1. The van der Waals surface area contributed by atoms with Crippen LogP contribution in [0.15, 0.2) is 41.2 Å². The highest BCUT2D eigenvalue weighted by molar-refractivity contribution is 5.36. The zero-order valence-corrected chi connectivity index (χ0v) is 11.5. The molecule has 1 heterocycles. The normalized spacial score (nSPS) is 15.4. The van der Waals surface area contributed by atoms with Gasteiger partial charge in [-0.2, -0.15) is 0 Å². The molecule has 19 heavy (non-hydrogen) atoms. The molecule has 1 aliphatic rings. The molecule has 2 nitrogen and oxygen atoms in total. The highest BCUT2D eigenvalue weighted by Gasteiger charge is 2.15. The topological polar surface area (TPSA) is 25.2 Å². The molecule has 0 saturated heterocycles. The first-order chi connectivity index (χ1) is 9.36. The minimum absolute atomic E-state index is 0.350. The van der Waals surface area contributed by atoms with Crippen LogP contribution < -0.4 is 5.32 Å². The second kappa shape index (κ2) is 5.62. The molecule has 0 radical (unpaired) electrons. The van der Waals surface area contributed by atoms with E-state index < -0.39 is 0 Å². The summed E-state index contributed by atoms with van der Waals surface area (Å²) in [5.41, 5.74) is 5.77. The molecule has 1 unspecified atom stereocenters. The van der Waals surface area contributed by atoms with Crippen LogP contribution in [0.2, 0.25) is 0 Å². The Morgan fingerprint density at radius 2 is 2.11 bits per heavy atom. The van der Waals surface area contributed by atoms with Crippen molar-refractivity contribution in [2.75, 3.05) is 6.54 Å². The number of benzene rings is 1. The standard InChI is InChI=1S/C17H21NO/c1-2-18-17(16-8-9-19-12-16)11-13-6-7-14-4-3-5-15(14)10-13/h6-10,12,17-18H,2-5,11H2,1H3. The summed E-state index contributed by atoms with van der Waals surface area (Å²) in [5, 5.41) is 3.54. The van der Waals surface area contributed by atoms with Gasteiger partial charge in [0.2, 0.25) is 0 Å². The molecule has 0 bridgehead atoms. The third kappa shape index (κ3) is 2.74. The van der Waals surface area contributed by atoms with Crippen molar-refractivity contribution in [1.29, 1.82) is 0 Å². The Kier molecular flexibility index (Phi) is 3.69. The van der Waals surface area contributed by atoms with E-state index in [9.17, 15) is 0 Å². The van der Waals surface area contributed by atoms with Gasteiger partial charge in [-0.3, -0.25) is 0 Å². The fourth-order valence-electron chi connectivity index (χ4n) is 3.02. The van der Waals surface area contributed by atoms with Gasteiger partial charge in [-0.25, -0.2) is 0 Å². The van der Waals surface area contributed by atoms with E-state index in [1.165, 1.54) is 30.4 Å². The molecule has 0 fully saturated rings. The summed E-state index contributed by atoms with van der Waals surface area (Å²) in [6.07, 6.45) is 8.45. The Morgan fingerprint density at radius 1 is 1.21 bits per heavy atom. The molecule has 1 N–H and O–H groups in total. The van der Waals surface area contributed by atoms with Crippen molar-refractivity contribution in [2.24, 2.45) is 0 Å². The van der Waals surface area contributed by atoms with Crippen LogP contribution in [-0.4, -0.2) is 6.54 Å². The van der Waals surface area contributed by atoms with E-state index in [2.05, 4.69) is 36.5 Å². The van der Waals surface area contributed by atoms with Crippen molar-refractivity contribution in [3.63, 3.8) is 0 Å². The predicted molar refractivity (Wildman–Crippen MR) is 77.3 cm³/mol. The molecular formula is C17H21NO.